The first kappa shape index (κ1) is 17.1. The molecule has 0 radical (unpaired) electrons. The number of ether oxygens (including phenoxy) is 2. The van der Waals surface area contributed by atoms with Crippen LogP contribution in [-0.2, 0) is 6.54 Å². The molecule has 7 heteroatoms. The lowest BCUT2D eigenvalue weighted by Gasteiger charge is -2.22. The highest BCUT2D eigenvalue weighted by atomic mass is 79.9. The van der Waals surface area contributed by atoms with Gasteiger partial charge >= 0.3 is 6.03 Å². The summed E-state index contributed by atoms with van der Waals surface area (Å²) in [6.45, 7) is 3.27. The van der Waals surface area contributed by atoms with Crippen molar-refractivity contribution < 1.29 is 14.3 Å². The van der Waals surface area contributed by atoms with Crippen molar-refractivity contribution in [1.29, 1.82) is 0 Å². The number of amides is 2. The van der Waals surface area contributed by atoms with E-state index in [0.29, 0.717) is 13.1 Å². The van der Waals surface area contributed by atoms with Gasteiger partial charge in [0.2, 0.25) is 6.79 Å². The van der Waals surface area contributed by atoms with Crippen molar-refractivity contribution in [2.75, 3.05) is 18.7 Å². The van der Waals surface area contributed by atoms with E-state index in [9.17, 15) is 4.79 Å². The Bertz CT molecular complexity index is 767. The van der Waals surface area contributed by atoms with Gasteiger partial charge in [0.1, 0.15) is 0 Å². The summed E-state index contributed by atoms with van der Waals surface area (Å²) in [6.07, 6.45) is 0. The van der Waals surface area contributed by atoms with Gasteiger partial charge in [-0.15, -0.1) is 0 Å². The zero-order valence-electron chi connectivity index (χ0n) is 13.0. The Balaban J connectivity index is 1.71. The first-order chi connectivity index (χ1) is 11.6. The SMILES string of the molecule is CCN(Cc1ccc2c(c1)OCO2)C(=O)Nc1cc(Br)ccc1Br. The molecule has 3 rings (SSSR count). The average Bonchev–Trinajstić information content (AvgIpc) is 3.03. The van der Waals surface area contributed by atoms with Crippen molar-refractivity contribution in [1.82, 2.24) is 4.90 Å². The van der Waals surface area contributed by atoms with Crippen molar-refractivity contribution in [3.8, 4) is 11.5 Å². The third kappa shape index (κ3) is 3.84. The standard InChI is InChI=1S/C17H16Br2N2O3/c1-2-21(9-11-3-6-15-16(7-11)24-10-23-15)17(22)20-14-8-12(18)4-5-13(14)19/h3-8H,2,9-10H2,1H3,(H,20,22). The van der Waals surface area contributed by atoms with E-state index in [2.05, 4.69) is 37.2 Å². The van der Waals surface area contributed by atoms with E-state index in [1.165, 1.54) is 0 Å². The van der Waals surface area contributed by atoms with Crippen LogP contribution >= 0.6 is 31.9 Å². The van der Waals surface area contributed by atoms with Crippen LogP contribution < -0.4 is 14.8 Å². The first-order valence-corrected chi connectivity index (χ1v) is 9.05. The Morgan fingerprint density at radius 2 is 1.96 bits per heavy atom. The Labute approximate surface area is 157 Å². The van der Waals surface area contributed by atoms with Crippen molar-refractivity contribution >= 4 is 43.6 Å². The minimum atomic E-state index is -0.158. The molecule has 1 heterocycles. The summed E-state index contributed by atoms with van der Waals surface area (Å²) >= 11 is 6.86. The molecule has 5 nitrogen and oxygen atoms in total. The van der Waals surface area contributed by atoms with Crippen LogP contribution in [0.4, 0.5) is 10.5 Å². The second-order valence-corrected chi connectivity index (χ2v) is 7.03. The van der Waals surface area contributed by atoms with Crippen LogP contribution in [0.25, 0.3) is 0 Å². The Morgan fingerprint density at radius 3 is 2.75 bits per heavy atom. The van der Waals surface area contributed by atoms with Gasteiger partial charge in [-0.25, -0.2) is 4.79 Å². The number of nitrogens with one attached hydrogen (secondary N) is 1. The van der Waals surface area contributed by atoms with Gasteiger partial charge in [-0.1, -0.05) is 22.0 Å². The molecule has 0 spiro atoms. The first-order valence-electron chi connectivity index (χ1n) is 7.46. The van der Waals surface area contributed by atoms with Crippen LogP contribution in [0.5, 0.6) is 11.5 Å². The molecule has 1 aliphatic rings. The Morgan fingerprint density at radius 1 is 1.17 bits per heavy atom. The summed E-state index contributed by atoms with van der Waals surface area (Å²) in [6, 6.07) is 11.2. The van der Waals surface area contributed by atoms with Gasteiger partial charge < -0.3 is 19.7 Å². The van der Waals surface area contributed by atoms with Crippen molar-refractivity contribution in [2.24, 2.45) is 0 Å². The minimum absolute atomic E-state index is 0.158. The molecule has 0 aromatic heterocycles. The van der Waals surface area contributed by atoms with Gasteiger partial charge in [-0.2, -0.15) is 0 Å². The molecular formula is C17H16Br2N2O3. The lowest BCUT2D eigenvalue weighted by atomic mass is 10.2. The number of urea groups is 1. The minimum Gasteiger partial charge on any atom is -0.454 e. The number of halogens is 2. The lowest BCUT2D eigenvalue weighted by molar-refractivity contribution is 0.174. The van der Waals surface area contributed by atoms with Crippen LogP contribution in [-0.4, -0.2) is 24.3 Å². The van der Waals surface area contributed by atoms with Crippen LogP contribution in [0, 0.1) is 0 Å². The van der Waals surface area contributed by atoms with Gasteiger partial charge in [0.15, 0.2) is 11.5 Å². The van der Waals surface area contributed by atoms with E-state index in [1.807, 2.05) is 43.3 Å². The number of carbonyl (C=O) groups is 1. The molecule has 0 bridgehead atoms. The number of fused-ring (bicyclic) bond motifs is 1. The molecule has 1 aliphatic heterocycles. The van der Waals surface area contributed by atoms with Gasteiger partial charge in [-0.3, -0.25) is 0 Å². The molecule has 0 unspecified atom stereocenters. The van der Waals surface area contributed by atoms with Crippen LogP contribution in [0.2, 0.25) is 0 Å². The molecule has 0 aliphatic carbocycles. The molecule has 2 aromatic carbocycles. The number of hydrogen-bond acceptors (Lipinski definition) is 3. The molecular weight excluding hydrogens is 440 g/mol. The van der Waals surface area contributed by atoms with E-state index in [0.717, 1.165) is 31.7 Å². The fourth-order valence-corrected chi connectivity index (χ4v) is 3.08. The smallest absolute Gasteiger partial charge is 0.322 e. The zero-order chi connectivity index (χ0) is 17.1. The molecule has 0 saturated carbocycles. The van der Waals surface area contributed by atoms with Crippen molar-refractivity contribution in [3.63, 3.8) is 0 Å². The van der Waals surface area contributed by atoms with Crippen molar-refractivity contribution in [3.05, 3.63) is 50.9 Å². The van der Waals surface area contributed by atoms with Gasteiger partial charge in [0.05, 0.1) is 5.69 Å². The molecule has 2 amide bonds. The van der Waals surface area contributed by atoms with Crippen LogP contribution in [0.3, 0.4) is 0 Å². The number of anilines is 1. The quantitative estimate of drug-likeness (QED) is 0.706. The largest absolute Gasteiger partial charge is 0.454 e. The maximum absolute atomic E-state index is 12.6. The second kappa shape index (κ2) is 7.44. The van der Waals surface area contributed by atoms with E-state index in [4.69, 9.17) is 9.47 Å². The molecule has 126 valence electrons. The maximum atomic E-state index is 12.6. The average molecular weight is 456 g/mol. The second-order valence-electron chi connectivity index (χ2n) is 5.26. The monoisotopic (exact) mass is 454 g/mol. The summed E-state index contributed by atoms with van der Waals surface area (Å²) in [5.74, 6) is 1.46. The molecule has 24 heavy (non-hydrogen) atoms. The summed E-state index contributed by atoms with van der Waals surface area (Å²) in [5, 5.41) is 2.93. The molecule has 0 fully saturated rings. The Kier molecular flexibility index (Phi) is 5.30. The third-order valence-electron chi connectivity index (χ3n) is 3.65. The van der Waals surface area contributed by atoms with Gasteiger partial charge in [0, 0.05) is 22.0 Å². The van der Waals surface area contributed by atoms with Crippen molar-refractivity contribution in [2.45, 2.75) is 13.5 Å². The normalized spacial score (nSPS) is 12.1. The summed E-state index contributed by atoms with van der Waals surface area (Å²) in [4.78, 5) is 14.3. The van der Waals surface area contributed by atoms with Gasteiger partial charge in [-0.05, 0) is 58.7 Å². The molecule has 2 aromatic rings. The number of rotatable bonds is 4. The molecule has 1 N–H and O–H groups in total. The van der Waals surface area contributed by atoms with E-state index in [-0.39, 0.29) is 12.8 Å². The maximum Gasteiger partial charge on any atom is 0.322 e. The predicted octanol–water partition coefficient (Wildman–Crippen LogP) is 4.99. The van der Waals surface area contributed by atoms with E-state index in [1.54, 1.807) is 4.90 Å². The molecule has 0 atom stereocenters. The van der Waals surface area contributed by atoms with Crippen LogP contribution in [0.1, 0.15) is 12.5 Å². The zero-order valence-corrected chi connectivity index (χ0v) is 16.2. The Hall–Kier alpha value is -1.73. The summed E-state index contributed by atoms with van der Waals surface area (Å²) < 4.78 is 12.4. The summed E-state index contributed by atoms with van der Waals surface area (Å²) in [7, 11) is 0. The predicted molar refractivity (Wildman–Crippen MR) is 99.5 cm³/mol. The van der Waals surface area contributed by atoms with Crippen LogP contribution in [0.15, 0.2) is 45.3 Å². The summed E-state index contributed by atoms with van der Waals surface area (Å²) in [5.41, 5.74) is 1.71. The van der Waals surface area contributed by atoms with E-state index < -0.39 is 0 Å². The van der Waals surface area contributed by atoms with Gasteiger partial charge in [0.25, 0.3) is 0 Å². The topological polar surface area (TPSA) is 50.8 Å². The molecule has 0 saturated heterocycles. The highest BCUT2D eigenvalue weighted by Gasteiger charge is 2.17. The highest BCUT2D eigenvalue weighted by molar-refractivity contribution is 9.11. The number of nitrogens with zero attached hydrogens (tertiary/aromatic N) is 1. The lowest BCUT2D eigenvalue weighted by Crippen LogP contribution is -2.34. The fourth-order valence-electron chi connectivity index (χ4n) is 2.37. The van der Waals surface area contributed by atoms with E-state index >= 15 is 0 Å². The number of hydrogen-bond donors (Lipinski definition) is 1. The third-order valence-corrected chi connectivity index (χ3v) is 4.83. The fraction of sp³-hybridized carbons (Fsp3) is 0.235. The number of carbonyl (C=O) groups excluding carboxylic acids is 1. The highest BCUT2D eigenvalue weighted by Crippen LogP contribution is 2.33. The number of benzene rings is 2.